The Balaban J connectivity index is 2.16. The molecule has 1 aliphatic heterocycles. The van der Waals surface area contributed by atoms with Crippen LogP contribution in [0.5, 0.6) is 0 Å². The summed E-state index contributed by atoms with van der Waals surface area (Å²) in [5, 5.41) is 23.3. The van der Waals surface area contributed by atoms with E-state index >= 15 is 0 Å². The molecule has 1 atom stereocenters. The van der Waals surface area contributed by atoms with E-state index in [-0.39, 0.29) is 11.3 Å². The molecule has 1 heterocycles. The number of aliphatic carboxylic acids is 1. The van der Waals surface area contributed by atoms with Gasteiger partial charge in [0, 0.05) is 37.8 Å². The van der Waals surface area contributed by atoms with Crippen LogP contribution in [0.3, 0.4) is 0 Å². The Bertz CT molecular complexity index is 722. The molecule has 1 amide bonds. The van der Waals surface area contributed by atoms with Crippen LogP contribution in [0.15, 0.2) is 18.2 Å². The van der Waals surface area contributed by atoms with Crippen molar-refractivity contribution in [3.8, 4) is 0 Å². The van der Waals surface area contributed by atoms with E-state index in [0.717, 1.165) is 18.8 Å². The van der Waals surface area contributed by atoms with E-state index in [1.54, 1.807) is 17.8 Å². The number of anilines is 1. The average molecular weight is 410 g/mol. The molecule has 2 rings (SSSR count). The number of nitrogens with zero attached hydrogens (tertiary/aromatic N) is 3. The molecule has 0 aromatic heterocycles. The normalized spacial score (nSPS) is 15.9. The Morgan fingerprint density at radius 3 is 2.57 bits per heavy atom. The maximum Gasteiger partial charge on any atom is 0.326 e. The lowest BCUT2D eigenvalue weighted by atomic mass is 10.1. The number of likely N-dealkylation sites (N-methyl/N-ethyl adjacent to an activating group) is 1. The maximum atomic E-state index is 12.5. The number of amides is 1. The number of carboxylic acids is 1. The van der Waals surface area contributed by atoms with E-state index in [4.69, 9.17) is 0 Å². The summed E-state index contributed by atoms with van der Waals surface area (Å²) >= 11 is 1.59. The largest absolute Gasteiger partial charge is 0.480 e. The molecule has 154 valence electrons. The number of nitrogens with one attached hydrogen (secondary N) is 1. The zero-order valence-corrected chi connectivity index (χ0v) is 16.9. The third kappa shape index (κ3) is 5.83. The van der Waals surface area contributed by atoms with Crippen molar-refractivity contribution in [3.05, 3.63) is 33.9 Å². The lowest BCUT2D eigenvalue weighted by molar-refractivity contribution is -0.384. The molecule has 0 saturated carbocycles. The number of hydrogen-bond acceptors (Lipinski definition) is 7. The van der Waals surface area contributed by atoms with Gasteiger partial charge >= 0.3 is 5.97 Å². The first-order valence-electron chi connectivity index (χ1n) is 9.16. The van der Waals surface area contributed by atoms with Crippen molar-refractivity contribution in [1.82, 2.24) is 10.2 Å². The third-order valence-electron chi connectivity index (χ3n) is 4.64. The Morgan fingerprint density at radius 1 is 1.32 bits per heavy atom. The molecular formula is C18H26N4O5S. The predicted molar refractivity (Wildman–Crippen MR) is 109 cm³/mol. The van der Waals surface area contributed by atoms with Gasteiger partial charge in [0.15, 0.2) is 0 Å². The second-order valence-electron chi connectivity index (χ2n) is 6.60. The zero-order chi connectivity index (χ0) is 20.7. The van der Waals surface area contributed by atoms with E-state index in [2.05, 4.69) is 10.2 Å². The molecule has 1 aromatic carbocycles. The predicted octanol–water partition coefficient (Wildman–Crippen LogP) is 1.67. The molecule has 2 N–H and O–H groups in total. The number of carbonyl (C=O) groups excluding carboxylic acids is 1. The molecule has 1 aromatic rings. The number of piperazine rings is 1. The van der Waals surface area contributed by atoms with Crippen molar-refractivity contribution in [2.45, 2.75) is 19.4 Å². The van der Waals surface area contributed by atoms with Gasteiger partial charge in [0.05, 0.1) is 4.92 Å². The summed E-state index contributed by atoms with van der Waals surface area (Å²) in [6, 6.07) is 3.28. The fraction of sp³-hybridized carbons (Fsp3) is 0.556. The van der Waals surface area contributed by atoms with Crippen LogP contribution in [0.2, 0.25) is 0 Å². The molecule has 1 aliphatic rings. The summed E-state index contributed by atoms with van der Waals surface area (Å²) in [4.78, 5) is 39.0. The molecule has 0 radical (unpaired) electrons. The highest BCUT2D eigenvalue weighted by atomic mass is 32.2. The topological polar surface area (TPSA) is 116 Å². The third-order valence-corrected chi connectivity index (χ3v) is 5.57. The van der Waals surface area contributed by atoms with Gasteiger partial charge in [-0.25, -0.2) is 4.79 Å². The first-order valence-corrected chi connectivity index (χ1v) is 10.3. The number of nitro benzene ring substituents is 1. The second-order valence-corrected chi connectivity index (χ2v) is 7.99. The van der Waals surface area contributed by atoms with Crippen LogP contribution in [0.1, 0.15) is 23.7 Å². The maximum absolute atomic E-state index is 12.5. The van der Waals surface area contributed by atoms with Crippen molar-refractivity contribution in [3.63, 3.8) is 0 Å². The highest BCUT2D eigenvalue weighted by molar-refractivity contribution is 7.99. The van der Waals surface area contributed by atoms with Crippen LogP contribution < -0.4 is 10.2 Å². The number of nitro groups is 1. The summed E-state index contributed by atoms with van der Waals surface area (Å²) in [7, 11) is 2.00. The minimum atomic E-state index is -1.12. The molecule has 1 fully saturated rings. The van der Waals surface area contributed by atoms with Gasteiger partial charge in [-0.05, 0) is 37.1 Å². The van der Waals surface area contributed by atoms with Crippen LogP contribution in [0.4, 0.5) is 11.4 Å². The van der Waals surface area contributed by atoms with Gasteiger partial charge in [-0.15, -0.1) is 0 Å². The SMILES string of the molecule is CCSCCC(NC(=O)c1ccc(N2CCN(C)CC2)c([N+](=O)[O-])c1)C(=O)O. The molecule has 10 heteroatoms. The molecular weight excluding hydrogens is 384 g/mol. The fourth-order valence-corrected chi connectivity index (χ4v) is 3.66. The molecule has 1 saturated heterocycles. The smallest absolute Gasteiger partial charge is 0.326 e. The quantitative estimate of drug-likeness (QED) is 0.359. The van der Waals surface area contributed by atoms with Crippen molar-refractivity contribution in [2.24, 2.45) is 0 Å². The Morgan fingerprint density at radius 2 is 2.00 bits per heavy atom. The van der Waals surface area contributed by atoms with Gasteiger partial charge in [0.2, 0.25) is 0 Å². The minimum Gasteiger partial charge on any atom is -0.480 e. The van der Waals surface area contributed by atoms with Gasteiger partial charge in [-0.3, -0.25) is 14.9 Å². The van der Waals surface area contributed by atoms with Crippen LogP contribution in [0.25, 0.3) is 0 Å². The zero-order valence-electron chi connectivity index (χ0n) is 16.1. The standard InChI is InChI=1S/C18H26N4O5S/c1-3-28-11-6-14(18(24)25)19-17(23)13-4-5-15(16(12-13)22(26)27)21-9-7-20(2)8-10-21/h4-5,12,14H,3,6-11H2,1-2H3,(H,19,23)(H,24,25). The van der Waals surface area contributed by atoms with Crippen molar-refractivity contribution in [1.29, 1.82) is 0 Å². The van der Waals surface area contributed by atoms with Crippen LogP contribution in [-0.2, 0) is 4.79 Å². The van der Waals surface area contributed by atoms with Crippen LogP contribution in [0, 0.1) is 10.1 Å². The number of carbonyl (C=O) groups is 2. The first-order chi connectivity index (χ1) is 13.3. The van der Waals surface area contributed by atoms with E-state index < -0.39 is 22.8 Å². The van der Waals surface area contributed by atoms with Gasteiger partial charge < -0.3 is 20.2 Å². The van der Waals surface area contributed by atoms with Crippen molar-refractivity contribution < 1.29 is 19.6 Å². The number of thioether (sulfide) groups is 1. The lowest BCUT2D eigenvalue weighted by Crippen LogP contribution is -2.44. The van der Waals surface area contributed by atoms with Gasteiger partial charge in [0.1, 0.15) is 11.7 Å². The minimum absolute atomic E-state index is 0.0824. The Hall–Kier alpha value is -2.33. The fourth-order valence-electron chi connectivity index (χ4n) is 2.97. The van der Waals surface area contributed by atoms with Crippen LogP contribution >= 0.6 is 11.8 Å². The van der Waals surface area contributed by atoms with E-state index in [1.165, 1.54) is 12.1 Å². The number of carboxylic acid groups (broad SMARTS) is 1. The molecule has 1 unspecified atom stereocenters. The van der Waals surface area contributed by atoms with E-state index in [9.17, 15) is 24.8 Å². The molecule has 0 aliphatic carbocycles. The van der Waals surface area contributed by atoms with Crippen molar-refractivity contribution in [2.75, 3.05) is 49.6 Å². The van der Waals surface area contributed by atoms with E-state index in [1.807, 2.05) is 18.9 Å². The number of rotatable bonds is 9. The monoisotopic (exact) mass is 410 g/mol. The summed E-state index contributed by atoms with van der Waals surface area (Å²) in [6.07, 6.45) is 0.293. The molecule has 0 bridgehead atoms. The highest BCUT2D eigenvalue weighted by Gasteiger charge is 2.26. The van der Waals surface area contributed by atoms with Gasteiger partial charge in [0.25, 0.3) is 11.6 Å². The summed E-state index contributed by atoms with van der Waals surface area (Å²) in [5.74, 6) is -0.272. The van der Waals surface area contributed by atoms with Gasteiger partial charge in [-0.2, -0.15) is 11.8 Å². The Labute approximate surface area is 168 Å². The summed E-state index contributed by atoms with van der Waals surface area (Å²) in [6.45, 7) is 4.91. The number of benzene rings is 1. The molecule has 28 heavy (non-hydrogen) atoms. The highest BCUT2D eigenvalue weighted by Crippen LogP contribution is 2.30. The molecule has 0 spiro atoms. The lowest BCUT2D eigenvalue weighted by Gasteiger charge is -2.33. The summed E-state index contributed by atoms with van der Waals surface area (Å²) < 4.78 is 0. The van der Waals surface area contributed by atoms with Gasteiger partial charge in [-0.1, -0.05) is 6.92 Å². The number of hydrogen-bond donors (Lipinski definition) is 2. The van der Waals surface area contributed by atoms with Crippen molar-refractivity contribution >= 4 is 35.0 Å². The second kappa shape index (κ2) is 10.3. The van der Waals surface area contributed by atoms with Crippen LogP contribution in [-0.4, -0.2) is 77.6 Å². The first kappa shape index (κ1) is 22.0. The average Bonchev–Trinajstić information content (AvgIpc) is 2.67. The summed E-state index contributed by atoms with van der Waals surface area (Å²) in [5.41, 5.74) is 0.411. The molecule has 9 nitrogen and oxygen atoms in total. The van der Waals surface area contributed by atoms with E-state index in [0.29, 0.717) is 31.0 Å². The Kier molecular flexibility index (Phi) is 8.06.